The van der Waals surface area contributed by atoms with Crippen LogP contribution in [-0.4, -0.2) is 42.6 Å². The Hall–Kier alpha value is -3.41. The number of anilines is 2. The van der Waals surface area contributed by atoms with Gasteiger partial charge >= 0.3 is 0 Å². The molecule has 0 bridgehead atoms. The van der Waals surface area contributed by atoms with Gasteiger partial charge in [0.05, 0.1) is 0 Å². The number of aryl methyl sites for hydroxylation is 1. The van der Waals surface area contributed by atoms with E-state index in [0.29, 0.717) is 23.5 Å². The number of carbonyl (C=O) groups is 1. The fourth-order valence-electron chi connectivity index (χ4n) is 4.43. The van der Waals surface area contributed by atoms with Gasteiger partial charge < -0.3 is 15.5 Å². The molecule has 1 aromatic heterocycles. The molecule has 33 heavy (non-hydrogen) atoms. The zero-order chi connectivity index (χ0) is 23.2. The van der Waals surface area contributed by atoms with Gasteiger partial charge in [-0.1, -0.05) is 42.5 Å². The van der Waals surface area contributed by atoms with Gasteiger partial charge in [-0.25, -0.2) is 4.98 Å². The molecular weight excluding hydrogens is 410 g/mol. The third kappa shape index (κ3) is 5.89. The highest BCUT2D eigenvalue weighted by Crippen LogP contribution is 2.26. The molecule has 0 unspecified atom stereocenters. The third-order valence-corrected chi connectivity index (χ3v) is 6.35. The summed E-state index contributed by atoms with van der Waals surface area (Å²) in [5.74, 6) is 2.15. The van der Waals surface area contributed by atoms with Gasteiger partial charge in [-0.05, 0) is 61.8 Å². The summed E-state index contributed by atoms with van der Waals surface area (Å²) in [5.41, 5.74) is 4.05. The van der Waals surface area contributed by atoms with Crippen LogP contribution in [0, 0.1) is 12.8 Å². The van der Waals surface area contributed by atoms with Crippen LogP contribution >= 0.6 is 0 Å². The van der Waals surface area contributed by atoms with Crippen LogP contribution in [-0.2, 0) is 0 Å². The van der Waals surface area contributed by atoms with Crippen molar-refractivity contribution in [2.45, 2.75) is 38.6 Å². The molecule has 0 aliphatic heterocycles. The summed E-state index contributed by atoms with van der Waals surface area (Å²) < 4.78 is 0. The van der Waals surface area contributed by atoms with Crippen LogP contribution in [0.4, 0.5) is 11.8 Å². The lowest BCUT2D eigenvalue weighted by Crippen LogP contribution is -2.34. The Morgan fingerprint density at radius 3 is 2.30 bits per heavy atom. The first kappa shape index (κ1) is 22.8. The fourth-order valence-corrected chi connectivity index (χ4v) is 4.43. The molecule has 4 rings (SSSR count). The van der Waals surface area contributed by atoms with E-state index < -0.39 is 0 Å². The van der Waals surface area contributed by atoms with Gasteiger partial charge in [0.25, 0.3) is 5.91 Å². The second-order valence-electron chi connectivity index (χ2n) is 9.11. The zero-order valence-electron chi connectivity index (χ0n) is 19.7. The lowest BCUT2D eigenvalue weighted by Gasteiger charge is -2.29. The Morgan fingerprint density at radius 2 is 1.64 bits per heavy atom. The summed E-state index contributed by atoms with van der Waals surface area (Å²) >= 11 is 0. The first-order valence-electron chi connectivity index (χ1n) is 11.7. The molecule has 1 fully saturated rings. The molecule has 1 saturated carbocycles. The van der Waals surface area contributed by atoms with Gasteiger partial charge in [0, 0.05) is 44.0 Å². The van der Waals surface area contributed by atoms with Gasteiger partial charge in [-0.15, -0.1) is 0 Å². The Morgan fingerprint density at radius 1 is 0.970 bits per heavy atom. The molecule has 1 aliphatic rings. The van der Waals surface area contributed by atoms with Gasteiger partial charge in [0.15, 0.2) is 0 Å². The zero-order valence-corrected chi connectivity index (χ0v) is 19.7. The Bertz CT molecular complexity index is 1060. The van der Waals surface area contributed by atoms with Gasteiger partial charge in [-0.2, -0.15) is 4.98 Å². The minimum absolute atomic E-state index is 0.000805. The number of rotatable bonds is 7. The van der Waals surface area contributed by atoms with E-state index in [1.807, 2.05) is 74.6 Å². The summed E-state index contributed by atoms with van der Waals surface area (Å²) in [6.07, 6.45) is 6.15. The summed E-state index contributed by atoms with van der Waals surface area (Å²) in [4.78, 5) is 23.7. The van der Waals surface area contributed by atoms with Crippen molar-refractivity contribution in [1.29, 1.82) is 0 Å². The van der Waals surface area contributed by atoms with Gasteiger partial charge in [0.2, 0.25) is 5.95 Å². The molecule has 0 saturated heterocycles. The van der Waals surface area contributed by atoms with Crippen molar-refractivity contribution in [3.8, 4) is 11.1 Å². The molecule has 2 N–H and O–H groups in total. The van der Waals surface area contributed by atoms with Crippen LogP contribution in [0.5, 0.6) is 0 Å². The van der Waals surface area contributed by atoms with E-state index in [1.165, 1.54) is 0 Å². The fraction of sp³-hybridized carbons (Fsp3) is 0.370. The lowest BCUT2D eigenvalue weighted by atomic mass is 9.86. The second kappa shape index (κ2) is 10.5. The van der Waals surface area contributed by atoms with E-state index in [4.69, 9.17) is 0 Å². The molecule has 6 heteroatoms. The van der Waals surface area contributed by atoms with E-state index in [9.17, 15) is 4.79 Å². The molecule has 1 amide bonds. The van der Waals surface area contributed by atoms with Crippen molar-refractivity contribution in [3.05, 3.63) is 71.9 Å². The second-order valence-corrected chi connectivity index (χ2v) is 9.11. The highest BCUT2D eigenvalue weighted by atomic mass is 16.1. The number of hydrogen-bond acceptors (Lipinski definition) is 5. The number of nitrogens with one attached hydrogen (secondary N) is 2. The molecule has 3 aromatic rings. The van der Waals surface area contributed by atoms with E-state index in [-0.39, 0.29) is 5.91 Å². The molecule has 2 aromatic carbocycles. The van der Waals surface area contributed by atoms with Crippen LogP contribution < -0.4 is 15.5 Å². The quantitative estimate of drug-likeness (QED) is 0.542. The number of hydrogen-bond donors (Lipinski definition) is 2. The normalized spacial score (nSPS) is 17.9. The highest BCUT2D eigenvalue weighted by molar-refractivity contribution is 5.94. The molecule has 1 aliphatic carbocycles. The Kier molecular flexibility index (Phi) is 7.23. The monoisotopic (exact) mass is 443 g/mol. The minimum Gasteiger partial charge on any atom is -0.362 e. The topological polar surface area (TPSA) is 70.1 Å². The Labute approximate surface area is 196 Å². The average Bonchev–Trinajstić information content (AvgIpc) is 2.85. The van der Waals surface area contributed by atoms with Crippen molar-refractivity contribution in [3.63, 3.8) is 0 Å². The van der Waals surface area contributed by atoms with E-state index in [1.54, 1.807) is 0 Å². The summed E-state index contributed by atoms with van der Waals surface area (Å²) in [5, 5.41) is 6.63. The number of benzene rings is 2. The lowest BCUT2D eigenvalue weighted by molar-refractivity contribution is 0.0943. The predicted octanol–water partition coefficient (Wildman–Crippen LogP) is 4.92. The van der Waals surface area contributed by atoms with Crippen molar-refractivity contribution in [1.82, 2.24) is 15.3 Å². The molecule has 0 spiro atoms. The largest absolute Gasteiger partial charge is 0.362 e. The molecule has 172 valence electrons. The number of nitrogens with zero attached hydrogens (tertiary/aromatic N) is 3. The van der Waals surface area contributed by atoms with Crippen molar-refractivity contribution in [2.24, 2.45) is 5.92 Å². The maximum absolute atomic E-state index is 12.6. The average molecular weight is 444 g/mol. The SMILES string of the molecule is Cc1cnc(NC2CCC(CNC(=O)c3ccc(-c4ccccc4)cc3)CC2)nc1N(C)C. The molecule has 1 heterocycles. The molecule has 0 radical (unpaired) electrons. The summed E-state index contributed by atoms with van der Waals surface area (Å²) in [6, 6.07) is 18.4. The highest BCUT2D eigenvalue weighted by Gasteiger charge is 2.22. The first-order chi connectivity index (χ1) is 16.0. The summed E-state index contributed by atoms with van der Waals surface area (Å²) in [6.45, 7) is 2.74. The van der Waals surface area contributed by atoms with Crippen molar-refractivity contribution >= 4 is 17.7 Å². The first-order valence-corrected chi connectivity index (χ1v) is 11.7. The van der Waals surface area contributed by atoms with Gasteiger partial charge in [0.1, 0.15) is 5.82 Å². The molecule has 0 atom stereocenters. The smallest absolute Gasteiger partial charge is 0.251 e. The van der Waals surface area contributed by atoms with E-state index in [2.05, 4.69) is 32.7 Å². The maximum atomic E-state index is 12.6. The van der Waals surface area contributed by atoms with Crippen molar-refractivity contribution < 1.29 is 4.79 Å². The van der Waals surface area contributed by atoms with Crippen LogP contribution in [0.15, 0.2) is 60.8 Å². The number of carbonyl (C=O) groups excluding carboxylic acids is 1. The standard InChI is InChI=1S/C27H33N5O/c1-19-17-29-27(31-25(19)32(2)3)30-24-15-9-20(10-16-24)18-28-26(33)23-13-11-22(12-14-23)21-7-5-4-6-8-21/h4-8,11-14,17,20,24H,9-10,15-16,18H2,1-3H3,(H,28,33)(H,29,30,31). The van der Waals surface area contributed by atoms with Crippen LogP contribution in [0.25, 0.3) is 11.1 Å². The van der Waals surface area contributed by atoms with Crippen LogP contribution in [0.1, 0.15) is 41.6 Å². The van der Waals surface area contributed by atoms with Crippen molar-refractivity contribution in [2.75, 3.05) is 30.9 Å². The number of amides is 1. The minimum atomic E-state index is -0.000805. The molecule has 6 nitrogen and oxygen atoms in total. The molecular formula is C27H33N5O. The maximum Gasteiger partial charge on any atom is 0.251 e. The van der Waals surface area contributed by atoms with Gasteiger partial charge in [-0.3, -0.25) is 4.79 Å². The Balaban J connectivity index is 1.23. The van der Waals surface area contributed by atoms with Crippen LogP contribution in [0.3, 0.4) is 0 Å². The summed E-state index contributed by atoms with van der Waals surface area (Å²) in [7, 11) is 3.99. The van der Waals surface area contributed by atoms with E-state index >= 15 is 0 Å². The predicted molar refractivity (Wildman–Crippen MR) is 135 cm³/mol. The van der Waals surface area contributed by atoms with Crippen LogP contribution in [0.2, 0.25) is 0 Å². The third-order valence-electron chi connectivity index (χ3n) is 6.35. The van der Waals surface area contributed by atoms with E-state index in [0.717, 1.165) is 54.7 Å². The number of aromatic nitrogens is 2.